The van der Waals surface area contributed by atoms with Crippen molar-refractivity contribution in [2.45, 2.75) is 38.9 Å². The maximum Gasteiger partial charge on any atom is 0.494 e. The second-order valence-corrected chi connectivity index (χ2v) is 7.37. The van der Waals surface area contributed by atoms with Gasteiger partial charge in [0.2, 0.25) is 0 Å². The van der Waals surface area contributed by atoms with Crippen molar-refractivity contribution in [2.24, 2.45) is 0 Å². The third kappa shape index (κ3) is 3.70. The molecule has 142 valence electrons. The van der Waals surface area contributed by atoms with Crippen molar-refractivity contribution in [1.29, 1.82) is 0 Å². The van der Waals surface area contributed by atoms with Crippen LogP contribution in [0.5, 0.6) is 11.5 Å². The predicted octanol–water partition coefficient (Wildman–Crippen LogP) is 3.70. The van der Waals surface area contributed by atoms with Crippen LogP contribution in [0.3, 0.4) is 0 Å². The van der Waals surface area contributed by atoms with Crippen LogP contribution >= 0.6 is 0 Å². The van der Waals surface area contributed by atoms with Gasteiger partial charge < -0.3 is 18.8 Å². The standard InChI is InChI=1S/C20H22BFO5/c1-19(2)20(3,4)27-21(26-19)13-10-11-17(15(22)12-13)25-16-9-7-6-8-14(16)18(23)24-5/h6-12H,1-5H3. The van der Waals surface area contributed by atoms with Gasteiger partial charge >= 0.3 is 13.1 Å². The Kier molecular flexibility index (Phi) is 5.01. The van der Waals surface area contributed by atoms with Crippen LogP contribution in [0, 0.1) is 5.82 Å². The molecule has 1 fully saturated rings. The Balaban J connectivity index is 1.84. The molecule has 0 atom stereocenters. The van der Waals surface area contributed by atoms with E-state index in [0.717, 1.165) is 0 Å². The van der Waals surface area contributed by atoms with Crippen molar-refractivity contribution < 1.29 is 28.0 Å². The van der Waals surface area contributed by atoms with Crippen molar-refractivity contribution >= 4 is 18.6 Å². The fraction of sp³-hybridized carbons (Fsp3) is 0.350. The Morgan fingerprint density at radius 2 is 1.63 bits per heavy atom. The largest absolute Gasteiger partial charge is 0.494 e. The lowest BCUT2D eigenvalue weighted by Crippen LogP contribution is -2.41. The molecule has 27 heavy (non-hydrogen) atoms. The molecule has 2 aromatic carbocycles. The summed E-state index contributed by atoms with van der Waals surface area (Å²) < 4.78 is 36.8. The van der Waals surface area contributed by atoms with Gasteiger partial charge in [-0.1, -0.05) is 18.2 Å². The molecule has 0 aliphatic carbocycles. The Bertz CT molecular complexity index is 849. The molecular formula is C20H22BFO5. The number of halogens is 1. The lowest BCUT2D eigenvalue weighted by atomic mass is 9.79. The predicted molar refractivity (Wildman–Crippen MR) is 100.0 cm³/mol. The average Bonchev–Trinajstić information content (AvgIpc) is 2.84. The summed E-state index contributed by atoms with van der Waals surface area (Å²) in [7, 11) is 0.611. The van der Waals surface area contributed by atoms with Gasteiger partial charge in [-0.25, -0.2) is 9.18 Å². The second-order valence-electron chi connectivity index (χ2n) is 7.37. The molecule has 3 rings (SSSR count). The van der Waals surface area contributed by atoms with Crippen LogP contribution in [0.25, 0.3) is 0 Å². The highest BCUT2D eigenvalue weighted by Crippen LogP contribution is 2.37. The third-order valence-corrected chi connectivity index (χ3v) is 4.99. The fourth-order valence-corrected chi connectivity index (χ4v) is 2.68. The van der Waals surface area contributed by atoms with E-state index in [9.17, 15) is 9.18 Å². The maximum absolute atomic E-state index is 14.6. The first-order valence-corrected chi connectivity index (χ1v) is 8.65. The van der Waals surface area contributed by atoms with Crippen molar-refractivity contribution in [2.75, 3.05) is 7.11 Å². The zero-order valence-electron chi connectivity index (χ0n) is 16.0. The van der Waals surface area contributed by atoms with Gasteiger partial charge in [-0.15, -0.1) is 0 Å². The minimum absolute atomic E-state index is 0.00776. The first-order chi connectivity index (χ1) is 12.6. The van der Waals surface area contributed by atoms with Crippen LogP contribution in [0.2, 0.25) is 0 Å². The molecule has 0 N–H and O–H groups in total. The molecule has 2 aromatic rings. The summed E-state index contributed by atoms with van der Waals surface area (Å²) in [5.74, 6) is -0.931. The van der Waals surface area contributed by atoms with Gasteiger partial charge in [0.15, 0.2) is 11.6 Å². The van der Waals surface area contributed by atoms with Crippen molar-refractivity contribution in [3.8, 4) is 11.5 Å². The molecule has 1 saturated heterocycles. The number of rotatable bonds is 4. The highest BCUT2D eigenvalue weighted by atomic mass is 19.1. The van der Waals surface area contributed by atoms with E-state index in [2.05, 4.69) is 0 Å². The van der Waals surface area contributed by atoms with Crippen molar-refractivity contribution in [3.63, 3.8) is 0 Å². The summed E-state index contributed by atoms with van der Waals surface area (Å²) in [6.07, 6.45) is 0. The number of carbonyl (C=O) groups excluding carboxylic acids is 1. The number of benzene rings is 2. The highest BCUT2D eigenvalue weighted by Gasteiger charge is 2.51. The average molecular weight is 372 g/mol. The van der Waals surface area contributed by atoms with Crippen molar-refractivity contribution in [3.05, 3.63) is 53.8 Å². The van der Waals surface area contributed by atoms with E-state index in [1.807, 2.05) is 27.7 Å². The molecular weight excluding hydrogens is 350 g/mol. The first kappa shape index (κ1) is 19.4. The minimum Gasteiger partial charge on any atom is -0.465 e. The SMILES string of the molecule is COC(=O)c1ccccc1Oc1ccc(B2OC(C)(C)C(C)(C)O2)cc1F. The smallest absolute Gasteiger partial charge is 0.465 e. The van der Waals surface area contributed by atoms with Crippen LogP contribution in [0.1, 0.15) is 38.1 Å². The molecule has 7 heteroatoms. The zero-order valence-corrected chi connectivity index (χ0v) is 16.0. The summed E-state index contributed by atoms with van der Waals surface area (Å²) in [5.41, 5.74) is -0.250. The Hall–Kier alpha value is -2.38. The van der Waals surface area contributed by atoms with E-state index < -0.39 is 30.1 Å². The number of ether oxygens (including phenoxy) is 2. The number of para-hydroxylation sites is 1. The summed E-state index contributed by atoms with van der Waals surface area (Å²) in [5, 5.41) is 0. The van der Waals surface area contributed by atoms with E-state index in [-0.39, 0.29) is 17.1 Å². The zero-order chi connectivity index (χ0) is 19.8. The van der Waals surface area contributed by atoms with Gasteiger partial charge in [0.05, 0.1) is 18.3 Å². The highest BCUT2D eigenvalue weighted by molar-refractivity contribution is 6.62. The van der Waals surface area contributed by atoms with E-state index in [1.54, 1.807) is 30.3 Å². The Morgan fingerprint density at radius 1 is 1.00 bits per heavy atom. The van der Waals surface area contributed by atoms with Crippen LogP contribution in [-0.2, 0) is 14.0 Å². The number of carbonyl (C=O) groups is 1. The lowest BCUT2D eigenvalue weighted by molar-refractivity contribution is 0.00578. The van der Waals surface area contributed by atoms with E-state index in [0.29, 0.717) is 5.46 Å². The molecule has 0 spiro atoms. The van der Waals surface area contributed by atoms with Crippen LogP contribution in [0.4, 0.5) is 4.39 Å². The second kappa shape index (κ2) is 6.98. The number of hydrogen-bond donors (Lipinski definition) is 0. The molecule has 0 unspecified atom stereocenters. The molecule has 1 aliphatic heterocycles. The molecule has 0 amide bonds. The molecule has 1 aliphatic rings. The number of methoxy groups -OCH3 is 1. The van der Waals surface area contributed by atoms with Crippen LogP contribution in [-0.4, -0.2) is 31.4 Å². The normalized spacial score (nSPS) is 17.6. The summed E-state index contributed by atoms with van der Waals surface area (Å²) in [6.45, 7) is 7.74. The summed E-state index contributed by atoms with van der Waals surface area (Å²) in [4.78, 5) is 11.8. The number of esters is 1. The first-order valence-electron chi connectivity index (χ1n) is 8.65. The van der Waals surface area contributed by atoms with E-state index in [1.165, 1.54) is 19.2 Å². The quantitative estimate of drug-likeness (QED) is 0.605. The molecule has 0 radical (unpaired) electrons. The van der Waals surface area contributed by atoms with Gasteiger partial charge in [-0.2, -0.15) is 0 Å². The maximum atomic E-state index is 14.6. The monoisotopic (exact) mass is 372 g/mol. The molecule has 0 aromatic heterocycles. The molecule has 1 heterocycles. The minimum atomic E-state index is -0.666. The summed E-state index contributed by atoms with van der Waals surface area (Å²) >= 11 is 0. The van der Waals surface area contributed by atoms with Gasteiger partial charge in [-0.3, -0.25) is 0 Å². The van der Waals surface area contributed by atoms with E-state index >= 15 is 0 Å². The molecule has 0 saturated carbocycles. The third-order valence-electron chi connectivity index (χ3n) is 4.99. The van der Waals surface area contributed by atoms with E-state index in [4.69, 9.17) is 18.8 Å². The van der Waals surface area contributed by atoms with Gasteiger partial charge in [0, 0.05) is 0 Å². The molecule has 0 bridgehead atoms. The van der Waals surface area contributed by atoms with Crippen molar-refractivity contribution in [1.82, 2.24) is 0 Å². The summed E-state index contributed by atoms with van der Waals surface area (Å²) in [6, 6.07) is 11.0. The molecule has 5 nitrogen and oxygen atoms in total. The Morgan fingerprint density at radius 3 is 2.22 bits per heavy atom. The number of hydrogen-bond acceptors (Lipinski definition) is 5. The lowest BCUT2D eigenvalue weighted by Gasteiger charge is -2.32. The van der Waals surface area contributed by atoms with Gasteiger partial charge in [0.25, 0.3) is 0 Å². The van der Waals surface area contributed by atoms with Crippen LogP contribution < -0.4 is 10.2 Å². The van der Waals surface area contributed by atoms with Crippen LogP contribution in [0.15, 0.2) is 42.5 Å². The van der Waals surface area contributed by atoms with Gasteiger partial charge in [0.1, 0.15) is 11.3 Å². The Labute approximate surface area is 158 Å². The topological polar surface area (TPSA) is 54.0 Å². The van der Waals surface area contributed by atoms with Gasteiger partial charge in [-0.05, 0) is 57.4 Å². The fourth-order valence-electron chi connectivity index (χ4n) is 2.68.